The smallest absolute Gasteiger partial charge is 0.225 e. The van der Waals surface area contributed by atoms with Gasteiger partial charge in [0.25, 0.3) is 0 Å². The van der Waals surface area contributed by atoms with Gasteiger partial charge in [-0.15, -0.1) is 0 Å². The number of carbonyl (C=O) groups is 1. The summed E-state index contributed by atoms with van der Waals surface area (Å²) in [6.07, 6.45) is 2.19. The second-order valence-corrected chi connectivity index (χ2v) is 6.58. The van der Waals surface area contributed by atoms with Crippen molar-refractivity contribution in [3.8, 4) is 0 Å². The molecule has 20 heavy (non-hydrogen) atoms. The molecule has 0 aromatic heterocycles. The van der Waals surface area contributed by atoms with Gasteiger partial charge in [-0.05, 0) is 35.8 Å². The highest BCUT2D eigenvalue weighted by molar-refractivity contribution is 5.78. The summed E-state index contributed by atoms with van der Waals surface area (Å²) in [6, 6.07) is 9.07. The maximum Gasteiger partial charge on any atom is 0.225 e. The first kappa shape index (κ1) is 15.1. The molecule has 1 fully saturated rings. The minimum Gasteiger partial charge on any atom is -0.342 e. The van der Waals surface area contributed by atoms with Crippen molar-refractivity contribution in [3.63, 3.8) is 0 Å². The average molecular weight is 273 g/mol. The highest BCUT2D eigenvalue weighted by Crippen LogP contribution is 2.29. The zero-order valence-corrected chi connectivity index (χ0v) is 13.2. The van der Waals surface area contributed by atoms with E-state index < -0.39 is 0 Å². The number of piperidine rings is 1. The topological polar surface area (TPSA) is 20.3 Å². The number of carbonyl (C=O) groups excluding carboxylic acids is 1. The van der Waals surface area contributed by atoms with Gasteiger partial charge in [0, 0.05) is 19.0 Å². The lowest BCUT2D eigenvalue weighted by atomic mass is 9.88. The van der Waals surface area contributed by atoms with Gasteiger partial charge in [0.05, 0.1) is 0 Å². The minimum atomic E-state index is 0.122. The van der Waals surface area contributed by atoms with Crippen LogP contribution in [0.25, 0.3) is 0 Å². The Morgan fingerprint density at radius 2 is 1.60 bits per heavy atom. The molecule has 0 spiro atoms. The number of hydrogen-bond acceptors (Lipinski definition) is 1. The van der Waals surface area contributed by atoms with Crippen molar-refractivity contribution in [2.45, 2.75) is 52.4 Å². The molecule has 0 N–H and O–H groups in total. The highest BCUT2D eigenvalue weighted by Gasteiger charge is 2.24. The van der Waals surface area contributed by atoms with E-state index in [-0.39, 0.29) is 5.92 Å². The van der Waals surface area contributed by atoms with Crippen LogP contribution in [0.2, 0.25) is 0 Å². The van der Waals surface area contributed by atoms with Crippen molar-refractivity contribution in [2.75, 3.05) is 13.1 Å². The maximum atomic E-state index is 12.0. The summed E-state index contributed by atoms with van der Waals surface area (Å²) in [7, 11) is 0. The number of rotatable bonds is 3. The lowest BCUT2D eigenvalue weighted by molar-refractivity contribution is -0.135. The number of nitrogens with zero attached hydrogens (tertiary/aromatic N) is 1. The van der Waals surface area contributed by atoms with Crippen molar-refractivity contribution in [2.24, 2.45) is 5.92 Å². The van der Waals surface area contributed by atoms with Gasteiger partial charge in [-0.3, -0.25) is 4.79 Å². The van der Waals surface area contributed by atoms with Crippen LogP contribution in [-0.4, -0.2) is 23.9 Å². The molecule has 1 aliphatic heterocycles. The standard InChI is InChI=1S/C18H27NO/c1-13(2)15-5-7-16(8-6-15)17-9-11-19(12-10-17)18(20)14(3)4/h5-8,13-14,17H,9-12H2,1-4H3. The third-order valence-corrected chi connectivity index (χ3v) is 4.38. The molecule has 0 saturated carbocycles. The van der Waals surface area contributed by atoms with Crippen molar-refractivity contribution in [1.29, 1.82) is 0 Å². The number of hydrogen-bond donors (Lipinski definition) is 0. The van der Waals surface area contributed by atoms with Crippen molar-refractivity contribution < 1.29 is 4.79 Å². The molecule has 2 heteroatoms. The molecule has 0 aliphatic carbocycles. The second kappa shape index (κ2) is 6.43. The SMILES string of the molecule is CC(C)C(=O)N1CCC(c2ccc(C(C)C)cc2)CC1. The average Bonchev–Trinajstić information content (AvgIpc) is 2.46. The first-order valence-corrected chi connectivity index (χ1v) is 7.87. The molecule has 1 saturated heterocycles. The van der Waals surface area contributed by atoms with Crippen molar-refractivity contribution >= 4 is 5.91 Å². The Bertz CT molecular complexity index is 439. The summed E-state index contributed by atoms with van der Waals surface area (Å²) in [6.45, 7) is 10.2. The third kappa shape index (κ3) is 3.41. The van der Waals surface area contributed by atoms with Gasteiger partial charge in [-0.2, -0.15) is 0 Å². The molecule has 110 valence electrons. The largest absolute Gasteiger partial charge is 0.342 e. The molecular formula is C18H27NO. The third-order valence-electron chi connectivity index (χ3n) is 4.38. The Labute approximate surface area is 123 Å². The fraction of sp³-hybridized carbons (Fsp3) is 0.611. The molecule has 0 bridgehead atoms. The summed E-state index contributed by atoms with van der Waals surface area (Å²) in [5.41, 5.74) is 2.84. The van der Waals surface area contributed by atoms with Crippen LogP contribution in [-0.2, 0) is 4.79 Å². The maximum absolute atomic E-state index is 12.0. The van der Waals surface area contributed by atoms with E-state index >= 15 is 0 Å². The molecule has 1 aromatic carbocycles. The molecule has 0 radical (unpaired) electrons. The fourth-order valence-corrected chi connectivity index (χ4v) is 2.95. The molecular weight excluding hydrogens is 246 g/mol. The fourth-order valence-electron chi connectivity index (χ4n) is 2.95. The molecule has 1 aliphatic rings. The van der Waals surface area contributed by atoms with Gasteiger partial charge >= 0.3 is 0 Å². The number of likely N-dealkylation sites (tertiary alicyclic amines) is 1. The van der Waals surface area contributed by atoms with E-state index in [1.807, 2.05) is 18.7 Å². The first-order chi connectivity index (χ1) is 9.49. The van der Waals surface area contributed by atoms with Gasteiger partial charge in [-0.25, -0.2) is 0 Å². The second-order valence-electron chi connectivity index (χ2n) is 6.58. The normalized spacial score (nSPS) is 17.0. The van der Waals surface area contributed by atoms with Gasteiger partial charge < -0.3 is 4.90 Å². The van der Waals surface area contributed by atoms with E-state index in [2.05, 4.69) is 38.1 Å². The van der Waals surface area contributed by atoms with Gasteiger partial charge in [0.2, 0.25) is 5.91 Å². The van der Waals surface area contributed by atoms with Gasteiger partial charge in [0.15, 0.2) is 0 Å². The lowest BCUT2D eigenvalue weighted by Crippen LogP contribution is -2.40. The summed E-state index contributed by atoms with van der Waals surface area (Å²) in [4.78, 5) is 14.0. The number of amides is 1. The predicted octanol–water partition coefficient (Wildman–Crippen LogP) is 4.17. The minimum absolute atomic E-state index is 0.122. The van der Waals surface area contributed by atoms with Gasteiger partial charge in [0.1, 0.15) is 0 Å². The Hall–Kier alpha value is -1.31. The molecule has 1 amide bonds. The number of benzene rings is 1. The Balaban J connectivity index is 1.95. The molecule has 0 unspecified atom stereocenters. The van der Waals surface area contributed by atoms with Crippen LogP contribution in [0.4, 0.5) is 0 Å². The summed E-state index contributed by atoms with van der Waals surface area (Å²) in [5, 5.41) is 0. The van der Waals surface area contributed by atoms with Crippen molar-refractivity contribution in [3.05, 3.63) is 35.4 Å². The molecule has 0 atom stereocenters. The van der Waals surface area contributed by atoms with Crippen LogP contribution >= 0.6 is 0 Å². The van der Waals surface area contributed by atoms with Crippen molar-refractivity contribution in [1.82, 2.24) is 4.90 Å². The summed E-state index contributed by atoms with van der Waals surface area (Å²) >= 11 is 0. The van der Waals surface area contributed by atoms with Crippen LogP contribution in [0.5, 0.6) is 0 Å². The van der Waals surface area contributed by atoms with Crippen LogP contribution in [0, 0.1) is 5.92 Å². The van der Waals surface area contributed by atoms with E-state index in [9.17, 15) is 4.79 Å². The van der Waals surface area contributed by atoms with E-state index in [4.69, 9.17) is 0 Å². The Morgan fingerprint density at radius 3 is 2.05 bits per heavy atom. The molecule has 2 nitrogen and oxygen atoms in total. The Morgan fingerprint density at radius 1 is 1.05 bits per heavy atom. The van der Waals surface area contributed by atoms with E-state index in [0.29, 0.717) is 17.7 Å². The molecule has 1 aromatic rings. The lowest BCUT2D eigenvalue weighted by Gasteiger charge is -2.33. The predicted molar refractivity (Wildman–Crippen MR) is 83.9 cm³/mol. The van der Waals surface area contributed by atoms with Crippen LogP contribution in [0.15, 0.2) is 24.3 Å². The quantitative estimate of drug-likeness (QED) is 0.809. The Kier molecular flexibility index (Phi) is 4.85. The first-order valence-electron chi connectivity index (χ1n) is 7.87. The monoisotopic (exact) mass is 273 g/mol. The molecule has 1 heterocycles. The summed E-state index contributed by atoms with van der Waals surface area (Å²) < 4.78 is 0. The van der Waals surface area contributed by atoms with E-state index in [1.54, 1.807) is 0 Å². The van der Waals surface area contributed by atoms with Gasteiger partial charge in [-0.1, -0.05) is 52.0 Å². The van der Waals surface area contributed by atoms with Crippen LogP contribution in [0.3, 0.4) is 0 Å². The van der Waals surface area contributed by atoms with Crippen LogP contribution < -0.4 is 0 Å². The molecule has 2 rings (SSSR count). The van der Waals surface area contributed by atoms with Crippen LogP contribution in [0.1, 0.15) is 63.5 Å². The highest BCUT2D eigenvalue weighted by atomic mass is 16.2. The van der Waals surface area contributed by atoms with E-state index in [0.717, 1.165) is 25.9 Å². The summed E-state index contributed by atoms with van der Waals surface area (Å²) in [5.74, 6) is 1.64. The zero-order valence-electron chi connectivity index (χ0n) is 13.2. The zero-order chi connectivity index (χ0) is 14.7. The van der Waals surface area contributed by atoms with E-state index in [1.165, 1.54) is 11.1 Å².